The van der Waals surface area contributed by atoms with Gasteiger partial charge >= 0.3 is 5.97 Å². The number of hydrogen-bond acceptors (Lipinski definition) is 5. The Labute approximate surface area is 134 Å². The van der Waals surface area contributed by atoms with Crippen molar-refractivity contribution < 1.29 is 19.4 Å². The predicted octanol–water partition coefficient (Wildman–Crippen LogP) is 3.16. The monoisotopic (exact) mass is 314 g/mol. The van der Waals surface area contributed by atoms with Crippen molar-refractivity contribution in [2.24, 2.45) is 5.10 Å². The van der Waals surface area contributed by atoms with Crippen LogP contribution in [0.4, 0.5) is 5.69 Å². The molecule has 0 aliphatic rings. The number of hydrogen-bond donors (Lipinski definition) is 2. The normalized spacial score (nSPS) is 10.6. The smallest absolute Gasteiger partial charge is 0.340 e. The second kappa shape index (κ2) is 7.31. The number of hydrazone groups is 1. The van der Waals surface area contributed by atoms with Crippen molar-refractivity contribution in [3.8, 4) is 11.5 Å². The van der Waals surface area contributed by atoms with Gasteiger partial charge in [0.1, 0.15) is 5.56 Å². The maximum absolute atomic E-state index is 11.5. The molecule has 2 aromatic carbocycles. The van der Waals surface area contributed by atoms with E-state index in [9.17, 15) is 9.90 Å². The fourth-order valence-corrected chi connectivity index (χ4v) is 2.14. The van der Waals surface area contributed by atoms with E-state index in [-0.39, 0.29) is 11.3 Å². The summed E-state index contributed by atoms with van der Waals surface area (Å²) in [6.45, 7) is 1.96. The standard InChI is InChI=1S/C17H18N2O4/c1-11-6-4-5-7-13(11)19-18-10-12-8-9-14(22-2)16(23-3)15(12)17(20)21/h4-10,19H,1-3H3,(H,20,21)/b18-10+. The maximum atomic E-state index is 11.5. The van der Waals surface area contributed by atoms with Crippen LogP contribution in [0.3, 0.4) is 0 Å². The molecule has 0 aliphatic heterocycles. The van der Waals surface area contributed by atoms with Crippen LogP contribution < -0.4 is 14.9 Å². The Morgan fingerprint density at radius 2 is 1.91 bits per heavy atom. The molecule has 0 aromatic heterocycles. The van der Waals surface area contributed by atoms with E-state index >= 15 is 0 Å². The van der Waals surface area contributed by atoms with E-state index in [1.165, 1.54) is 20.4 Å². The van der Waals surface area contributed by atoms with Crippen molar-refractivity contribution in [1.29, 1.82) is 0 Å². The quantitative estimate of drug-likeness (QED) is 0.632. The highest BCUT2D eigenvalue weighted by Gasteiger charge is 2.19. The highest BCUT2D eigenvalue weighted by atomic mass is 16.5. The summed E-state index contributed by atoms with van der Waals surface area (Å²) in [5.74, 6) is -0.591. The van der Waals surface area contributed by atoms with Gasteiger partial charge in [-0.3, -0.25) is 5.43 Å². The Kier molecular flexibility index (Phi) is 5.19. The number of aryl methyl sites for hydroxylation is 1. The minimum Gasteiger partial charge on any atom is -0.493 e. The number of para-hydroxylation sites is 1. The van der Waals surface area contributed by atoms with Gasteiger partial charge in [-0.25, -0.2) is 4.79 Å². The minimum atomic E-state index is -1.11. The predicted molar refractivity (Wildman–Crippen MR) is 88.9 cm³/mol. The fraction of sp³-hybridized carbons (Fsp3) is 0.176. The first kappa shape index (κ1) is 16.4. The third-order valence-corrected chi connectivity index (χ3v) is 3.33. The molecular weight excluding hydrogens is 296 g/mol. The summed E-state index contributed by atoms with van der Waals surface area (Å²) in [5, 5.41) is 13.6. The van der Waals surface area contributed by atoms with E-state index in [1.54, 1.807) is 12.1 Å². The number of aromatic carboxylic acids is 1. The molecule has 2 N–H and O–H groups in total. The van der Waals surface area contributed by atoms with Crippen molar-refractivity contribution in [2.75, 3.05) is 19.6 Å². The Bertz CT molecular complexity index is 741. The third-order valence-electron chi connectivity index (χ3n) is 3.33. The Balaban J connectivity index is 2.34. The zero-order valence-corrected chi connectivity index (χ0v) is 13.2. The lowest BCUT2D eigenvalue weighted by Gasteiger charge is -2.12. The molecule has 6 heteroatoms. The Morgan fingerprint density at radius 1 is 1.17 bits per heavy atom. The van der Waals surface area contributed by atoms with E-state index in [1.807, 2.05) is 31.2 Å². The third kappa shape index (κ3) is 3.60. The average molecular weight is 314 g/mol. The highest BCUT2D eigenvalue weighted by molar-refractivity contribution is 6.02. The molecular formula is C17H18N2O4. The molecule has 0 spiro atoms. The molecule has 0 saturated heterocycles. The minimum absolute atomic E-state index is 0.00202. The molecule has 0 fully saturated rings. The van der Waals surface area contributed by atoms with Crippen molar-refractivity contribution in [3.05, 3.63) is 53.1 Å². The number of nitrogens with zero attached hydrogens (tertiary/aromatic N) is 1. The van der Waals surface area contributed by atoms with Gasteiger partial charge < -0.3 is 14.6 Å². The number of carboxylic acids is 1. The van der Waals surface area contributed by atoms with Crippen LogP contribution in [0.5, 0.6) is 11.5 Å². The summed E-state index contributed by atoms with van der Waals surface area (Å²) in [5.41, 5.74) is 5.20. The summed E-state index contributed by atoms with van der Waals surface area (Å²) in [6.07, 6.45) is 1.44. The van der Waals surface area contributed by atoms with Crippen LogP contribution in [0.25, 0.3) is 0 Å². The maximum Gasteiger partial charge on any atom is 0.340 e. The number of anilines is 1. The van der Waals surface area contributed by atoms with E-state index < -0.39 is 5.97 Å². The number of carbonyl (C=O) groups is 1. The van der Waals surface area contributed by atoms with Gasteiger partial charge in [0, 0.05) is 5.56 Å². The van der Waals surface area contributed by atoms with E-state index in [2.05, 4.69) is 10.5 Å². The van der Waals surface area contributed by atoms with E-state index in [0.717, 1.165) is 11.3 Å². The first-order chi connectivity index (χ1) is 11.1. The van der Waals surface area contributed by atoms with Gasteiger partial charge in [-0.1, -0.05) is 18.2 Å². The van der Waals surface area contributed by atoms with E-state index in [0.29, 0.717) is 11.3 Å². The Morgan fingerprint density at radius 3 is 2.52 bits per heavy atom. The van der Waals surface area contributed by atoms with Gasteiger partial charge in [0.2, 0.25) is 0 Å². The first-order valence-corrected chi connectivity index (χ1v) is 6.91. The van der Waals surface area contributed by atoms with Crippen LogP contribution in [0, 0.1) is 6.92 Å². The zero-order valence-electron chi connectivity index (χ0n) is 13.2. The molecule has 2 rings (SSSR count). The summed E-state index contributed by atoms with van der Waals surface area (Å²) in [7, 11) is 2.85. The van der Waals surface area contributed by atoms with Gasteiger partial charge in [0.05, 0.1) is 26.1 Å². The van der Waals surface area contributed by atoms with E-state index in [4.69, 9.17) is 9.47 Å². The molecule has 0 amide bonds. The second-order valence-corrected chi connectivity index (χ2v) is 4.76. The van der Waals surface area contributed by atoms with Crippen LogP contribution in [0.1, 0.15) is 21.5 Å². The number of methoxy groups -OCH3 is 2. The molecule has 120 valence electrons. The lowest BCUT2D eigenvalue weighted by Crippen LogP contribution is -2.07. The van der Waals surface area contributed by atoms with Crippen molar-refractivity contribution >= 4 is 17.9 Å². The number of benzene rings is 2. The van der Waals surface area contributed by atoms with Crippen molar-refractivity contribution in [1.82, 2.24) is 0 Å². The number of rotatable bonds is 6. The topological polar surface area (TPSA) is 80.2 Å². The summed E-state index contributed by atoms with van der Waals surface area (Å²) in [6, 6.07) is 10.9. The largest absolute Gasteiger partial charge is 0.493 e. The van der Waals surface area contributed by atoms with Crippen LogP contribution in [0.15, 0.2) is 41.5 Å². The lowest BCUT2D eigenvalue weighted by atomic mass is 10.1. The Hall–Kier alpha value is -3.02. The fourth-order valence-electron chi connectivity index (χ4n) is 2.14. The van der Waals surface area contributed by atoms with Gasteiger partial charge in [-0.15, -0.1) is 0 Å². The molecule has 0 bridgehead atoms. The summed E-state index contributed by atoms with van der Waals surface area (Å²) in [4.78, 5) is 11.5. The molecule has 6 nitrogen and oxygen atoms in total. The second-order valence-electron chi connectivity index (χ2n) is 4.76. The molecule has 23 heavy (non-hydrogen) atoms. The van der Waals surface area contributed by atoms with Crippen LogP contribution in [-0.4, -0.2) is 31.5 Å². The van der Waals surface area contributed by atoms with Gasteiger partial charge in [-0.05, 0) is 30.7 Å². The highest BCUT2D eigenvalue weighted by Crippen LogP contribution is 2.32. The number of carboxylic acid groups (broad SMARTS) is 1. The number of ether oxygens (including phenoxy) is 2. The molecule has 0 aliphatic carbocycles. The SMILES string of the molecule is COc1ccc(/C=N/Nc2ccccc2C)c(C(=O)O)c1OC. The molecule has 0 radical (unpaired) electrons. The molecule has 0 heterocycles. The summed E-state index contributed by atoms with van der Waals surface area (Å²) >= 11 is 0. The molecule has 2 aromatic rings. The van der Waals surface area contributed by atoms with Crippen LogP contribution >= 0.6 is 0 Å². The van der Waals surface area contributed by atoms with Crippen LogP contribution in [0.2, 0.25) is 0 Å². The van der Waals surface area contributed by atoms with Crippen molar-refractivity contribution in [3.63, 3.8) is 0 Å². The van der Waals surface area contributed by atoms with Gasteiger partial charge in [0.25, 0.3) is 0 Å². The van der Waals surface area contributed by atoms with Crippen molar-refractivity contribution in [2.45, 2.75) is 6.92 Å². The summed E-state index contributed by atoms with van der Waals surface area (Å²) < 4.78 is 10.3. The first-order valence-electron chi connectivity index (χ1n) is 6.91. The molecule has 0 unspecified atom stereocenters. The lowest BCUT2D eigenvalue weighted by molar-refractivity contribution is 0.0692. The number of nitrogens with one attached hydrogen (secondary N) is 1. The van der Waals surface area contributed by atoms with Crippen LogP contribution in [-0.2, 0) is 0 Å². The molecule has 0 atom stereocenters. The zero-order chi connectivity index (χ0) is 16.8. The average Bonchev–Trinajstić information content (AvgIpc) is 2.55. The van der Waals surface area contributed by atoms with Gasteiger partial charge in [0.15, 0.2) is 11.5 Å². The molecule has 0 saturated carbocycles. The van der Waals surface area contributed by atoms with Gasteiger partial charge in [-0.2, -0.15) is 5.10 Å².